The molecule has 0 amide bonds. The minimum Gasteiger partial charge on any atom is -0.339 e. The molecule has 0 unspecified atom stereocenters. The molecule has 5 nitrogen and oxygen atoms in total. The Bertz CT molecular complexity index is 2580. The molecule has 0 fully saturated rings. The van der Waals surface area contributed by atoms with Crippen LogP contribution in [0, 0.1) is 18.3 Å². The summed E-state index contributed by atoms with van der Waals surface area (Å²) < 4.78 is 0. The average molecular weight is 710 g/mol. The van der Waals surface area contributed by atoms with E-state index in [-0.39, 0.29) is 0 Å². The number of nitriles is 1. The molecule has 0 bridgehead atoms. The fourth-order valence-electron chi connectivity index (χ4n) is 7.03. The van der Waals surface area contributed by atoms with E-state index in [9.17, 15) is 5.26 Å². The van der Waals surface area contributed by atoms with E-state index >= 15 is 0 Å². The van der Waals surface area contributed by atoms with Crippen molar-refractivity contribution in [2.45, 2.75) is 6.92 Å². The van der Waals surface area contributed by atoms with Gasteiger partial charge in [-0.3, -0.25) is 0 Å². The summed E-state index contributed by atoms with van der Waals surface area (Å²) in [4.78, 5) is 15.0. The Balaban J connectivity index is 1.29. The molecule has 264 valence electrons. The van der Waals surface area contributed by atoms with Crippen molar-refractivity contribution in [3.63, 3.8) is 0 Å². The van der Waals surface area contributed by atoms with Gasteiger partial charge in [-0.25, -0.2) is 9.97 Å². The molecular formula is C50H39N5. The molecule has 2 aliphatic rings. The summed E-state index contributed by atoms with van der Waals surface area (Å²) >= 11 is 0. The first-order valence-electron chi connectivity index (χ1n) is 18.3. The molecule has 2 aliphatic heterocycles. The van der Waals surface area contributed by atoms with Crippen molar-refractivity contribution in [2.75, 3.05) is 22.9 Å². The third-order valence-corrected chi connectivity index (χ3v) is 9.98. The zero-order valence-corrected chi connectivity index (χ0v) is 30.7. The average Bonchev–Trinajstić information content (AvgIpc) is 3.35. The molecular weight excluding hydrogens is 671 g/mol. The third-order valence-electron chi connectivity index (χ3n) is 9.98. The Morgan fingerprint density at radius 2 is 1.31 bits per heavy atom. The molecule has 3 heterocycles. The number of rotatable bonds is 5. The number of nitrogens with zero attached hydrogens (tertiary/aromatic N) is 5. The molecule has 5 heteroatoms. The quantitative estimate of drug-likeness (QED) is 0.178. The summed E-state index contributed by atoms with van der Waals surface area (Å²) in [5.41, 5.74) is 14.4. The van der Waals surface area contributed by atoms with E-state index in [1.54, 1.807) is 0 Å². The highest BCUT2D eigenvalue weighted by atomic mass is 15.2. The molecule has 6 aromatic rings. The van der Waals surface area contributed by atoms with Gasteiger partial charge in [-0.2, -0.15) is 5.26 Å². The zero-order chi connectivity index (χ0) is 37.7. The van der Waals surface area contributed by atoms with Crippen molar-refractivity contribution in [3.8, 4) is 40.0 Å². The van der Waals surface area contributed by atoms with Gasteiger partial charge in [-0.05, 0) is 66.6 Å². The molecule has 5 aromatic carbocycles. The van der Waals surface area contributed by atoms with Crippen LogP contribution in [0.15, 0.2) is 200 Å². The molecule has 8 rings (SSSR count). The van der Waals surface area contributed by atoms with Crippen LogP contribution in [0.4, 0.5) is 17.1 Å². The predicted molar refractivity (Wildman–Crippen MR) is 228 cm³/mol. The number of aromatic nitrogens is 2. The maximum Gasteiger partial charge on any atom is 0.160 e. The highest BCUT2D eigenvalue weighted by molar-refractivity contribution is 5.86. The van der Waals surface area contributed by atoms with Crippen molar-refractivity contribution in [1.82, 2.24) is 9.97 Å². The first-order chi connectivity index (χ1) is 26.9. The number of hydrogen-bond acceptors (Lipinski definition) is 5. The van der Waals surface area contributed by atoms with Crippen molar-refractivity contribution >= 4 is 22.6 Å². The molecule has 0 N–H and O–H groups in total. The molecule has 55 heavy (non-hydrogen) atoms. The van der Waals surface area contributed by atoms with Gasteiger partial charge in [0.05, 0.1) is 29.6 Å². The summed E-state index contributed by atoms with van der Waals surface area (Å²) in [6.07, 6.45) is 12.7. The first-order valence-corrected chi connectivity index (χ1v) is 18.3. The van der Waals surface area contributed by atoms with Crippen molar-refractivity contribution < 1.29 is 0 Å². The second kappa shape index (κ2) is 15.4. The summed E-state index contributed by atoms with van der Waals surface area (Å²) in [6, 6.07) is 47.7. The van der Waals surface area contributed by atoms with E-state index in [1.165, 1.54) is 5.56 Å². The standard InChI is InChI=1S/C50H39N5/c1-35-20-25-39(26-21-35)46-32-47(40-27-23-38(33-51)24-28-40)53-50(52-46)41-14-12-17-43(31-41)54-30-11-5-6-13-36(2)45-29-22-37(3)44-18-9-10-19-48(44)55(34-49(45)54)42-15-7-4-8-16-42/h4-29,31-32H,2-3,30,34H2,1H3/b11-5-,13-6-,29-22-,49-45-. The monoisotopic (exact) mass is 709 g/mol. The number of hydrogen-bond donors (Lipinski definition) is 0. The lowest BCUT2D eigenvalue weighted by atomic mass is 10.0. The highest BCUT2D eigenvalue weighted by Crippen LogP contribution is 2.39. The lowest BCUT2D eigenvalue weighted by Gasteiger charge is -2.34. The van der Waals surface area contributed by atoms with E-state index < -0.39 is 0 Å². The number of para-hydroxylation sites is 2. The van der Waals surface area contributed by atoms with Crippen molar-refractivity contribution in [2.24, 2.45) is 0 Å². The topological polar surface area (TPSA) is 56.1 Å². The number of anilines is 3. The first kappa shape index (κ1) is 34.8. The van der Waals surface area contributed by atoms with Gasteiger partial charge in [0.2, 0.25) is 0 Å². The van der Waals surface area contributed by atoms with Gasteiger partial charge in [-0.15, -0.1) is 0 Å². The molecule has 0 saturated heterocycles. The van der Waals surface area contributed by atoms with Crippen LogP contribution in [0.5, 0.6) is 0 Å². The maximum atomic E-state index is 9.44. The number of benzene rings is 5. The Morgan fingerprint density at radius 3 is 2.05 bits per heavy atom. The van der Waals surface area contributed by atoms with Crippen LogP contribution in [0.1, 0.15) is 16.7 Å². The van der Waals surface area contributed by atoms with E-state index in [0.717, 1.165) is 73.1 Å². The van der Waals surface area contributed by atoms with Crippen LogP contribution >= 0.6 is 0 Å². The predicted octanol–water partition coefficient (Wildman–Crippen LogP) is 11.8. The van der Waals surface area contributed by atoms with Gasteiger partial charge in [0.25, 0.3) is 0 Å². The van der Waals surface area contributed by atoms with E-state index in [4.69, 9.17) is 9.97 Å². The van der Waals surface area contributed by atoms with E-state index in [1.807, 2.05) is 30.3 Å². The Hall–Kier alpha value is -7.29. The minimum atomic E-state index is 0.571. The summed E-state index contributed by atoms with van der Waals surface area (Å²) in [6.45, 7) is 12.3. The van der Waals surface area contributed by atoms with Crippen molar-refractivity contribution in [3.05, 3.63) is 217 Å². The fourth-order valence-corrected chi connectivity index (χ4v) is 7.03. The van der Waals surface area contributed by atoms with Crippen LogP contribution < -0.4 is 9.80 Å². The lowest BCUT2D eigenvalue weighted by molar-refractivity contribution is 0.914. The molecule has 0 atom stereocenters. The van der Waals surface area contributed by atoms with Gasteiger partial charge in [0.15, 0.2) is 5.82 Å². The number of allylic oxidation sites excluding steroid dienone is 8. The number of aryl methyl sites for hydroxylation is 1. The lowest BCUT2D eigenvalue weighted by Crippen LogP contribution is -2.33. The normalized spacial score (nSPS) is 17.2. The fraction of sp³-hybridized carbons (Fsp3) is 0.0600. The van der Waals surface area contributed by atoms with E-state index in [2.05, 4.69) is 176 Å². The van der Waals surface area contributed by atoms with Crippen LogP contribution in [0.2, 0.25) is 0 Å². The summed E-state index contributed by atoms with van der Waals surface area (Å²) in [5, 5.41) is 9.44. The van der Waals surface area contributed by atoms with Gasteiger partial charge in [-0.1, -0.05) is 140 Å². The van der Waals surface area contributed by atoms with Crippen LogP contribution in [-0.4, -0.2) is 23.1 Å². The number of fused-ring (bicyclic) bond motifs is 1. The van der Waals surface area contributed by atoms with Gasteiger partial charge in [0, 0.05) is 57.1 Å². The van der Waals surface area contributed by atoms with Crippen molar-refractivity contribution in [1.29, 1.82) is 5.26 Å². The largest absolute Gasteiger partial charge is 0.339 e. The highest BCUT2D eigenvalue weighted by Gasteiger charge is 2.25. The Labute approximate surface area is 323 Å². The molecule has 0 saturated carbocycles. The summed E-state index contributed by atoms with van der Waals surface area (Å²) in [7, 11) is 0. The summed E-state index contributed by atoms with van der Waals surface area (Å²) in [5.74, 6) is 0.616. The molecule has 0 aliphatic carbocycles. The zero-order valence-electron chi connectivity index (χ0n) is 30.7. The van der Waals surface area contributed by atoms with Crippen LogP contribution in [0.3, 0.4) is 0 Å². The van der Waals surface area contributed by atoms with Gasteiger partial charge >= 0.3 is 0 Å². The SMILES string of the molecule is C=C1/C=C\C=C/CN(c2cccc(-c3nc(-c4ccc(C)cc4)cc(-c4ccc(C#N)cc4)n3)c2)/C2=C1/C=C\C(=C)c1ccccc1N(c1ccccc1)C2. The van der Waals surface area contributed by atoms with Crippen LogP contribution in [0.25, 0.3) is 39.5 Å². The second-order valence-electron chi connectivity index (χ2n) is 13.6. The Kier molecular flexibility index (Phi) is 9.71. The third kappa shape index (κ3) is 7.35. The van der Waals surface area contributed by atoms with Gasteiger partial charge < -0.3 is 9.80 Å². The van der Waals surface area contributed by atoms with Gasteiger partial charge in [0.1, 0.15) is 0 Å². The Morgan fingerprint density at radius 1 is 0.618 bits per heavy atom. The smallest absolute Gasteiger partial charge is 0.160 e. The van der Waals surface area contributed by atoms with E-state index in [0.29, 0.717) is 24.5 Å². The minimum absolute atomic E-state index is 0.571. The molecule has 0 spiro atoms. The molecule has 0 radical (unpaired) electrons. The molecule has 1 aromatic heterocycles. The van der Waals surface area contributed by atoms with Crippen LogP contribution in [-0.2, 0) is 0 Å². The maximum absolute atomic E-state index is 9.44. The second-order valence-corrected chi connectivity index (χ2v) is 13.6.